The van der Waals surface area contributed by atoms with Crippen molar-refractivity contribution in [2.24, 2.45) is 0 Å². The zero-order chi connectivity index (χ0) is 17.0. The van der Waals surface area contributed by atoms with E-state index in [1.807, 2.05) is 31.2 Å². The average Bonchev–Trinajstić information content (AvgIpc) is 2.76. The first kappa shape index (κ1) is 17.7. The number of aryl methyl sites for hydroxylation is 1. The zero-order valence-corrected chi connectivity index (χ0v) is 14.9. The molecule has 3 rings (SSSR count). The van der Waals surface area contributed by atoms with E-state index < -0.39 is 5.60 Å². The number of β-amino-alcohol motifs (C(OH)–C–C–N with tert-alkyl or cyclic N) is 1. The molecule has 5 nitrogen and oxygen atoms in total. The Morgan fingerprint density at radius 2 is 2.08 bits per heavy atom. The normalized spacial score (nSPS) is 27.8. The van der Waals surface area contributed by atoms with Crippen molar-refractivity contribution >= 4 is 0 Å². The van der Waals surface area contributed by atoms with Crippen molar-refractivity contribution in [3.63, 3.8) is 0 Å². The van der Waals surface area contributed by atoms with E-state index in [4.69, 9.17) is 9.47 Å². The predicted molar refractivity (Wildman–Crippen MR) is 94.5 cm³/mol. The minimum absolute atomic E-state index is 0.263. The van der Waals surface area contributed by atoms with Gasteiger partial charge in [0.1, 0.15) is 18.0 Å². The number of benzene rings is 1. The van der Waals surface area contributed by atoms with Crippen LogP contribution in [0.1, 0.15) is 18.4 Å². The van der Waals surface area contributed by atoms with Crippen molar-refractivity contribution in [1.82, 2.24) is 9.80 Å². The third kappa shape index (κ3) is 4.70. The van der Waals surface area contributed by atoms with Crippen LogP contribution >= 0.6 is 0 Å². The van der Waals surface area contributed by atoms with Crippen molar-refractivity contribution < 1.29 is 14.6 Å². The largest absolute Gasteiger partial charge is 0.490 e. The van der Waals surface area contributed by atoms with Crippen molar-refractivity contribution in [1.29, 1.82) is 0 Å². The van der Waals surface area contributed by atoms with Crippen LogP contribution in [0.25, 0.3) is 0 Å². The second-order valence-electron chi connectivity index (χ2n) is 7.39. The Kier molecular flexibility index (Phi) is 5.76. The van der Waals surface area contributed by atoms with Gasteiger partial charge in [-0.3, -0.25) is 4.90 Å². The molecule has 0 aliphatic carbocycles. The summed E-state index contributed by atoms with van der Waals surface area (Å²) in [7, 11) is 2.17. The number of hydrogen-bond donors (Lipinski definition) is 1. The molecule has 0 aromatic heterocycles. The third-order valence-corrected chi connectivity index (χ3v) is 5.09. The summed E-state index contributed by atoms with van der Waals surface area (Å²) in [5.41, 5.74) is 0.202. The van der Waals surface area contributed by atoms with Crippen LogP contribution in [0.15, 0.2) is 24.3 Å². The van der Waals surface area contributed by atoms with Gasteiger partial charge in [0.25, 0.3) is 0 Å². The number of piperidine rings is 1. The minimum Gasteiger partial charge on any atom is -0.490 e. The fourth-order valence-electron chi connectivity index (χ4n) is 3.63. The third-order valence-electron chi connectivity index (χ3n) is 5.09. The summed E-state index contributed by atoms with van der Waals surface area (Å²) in [6.07, 6.45) is 2.32. The Morgan fingerprint density at radius 1 is 1.29 bits per heavy atom. The molecule has 0 bridgehead atoms. The molecule has 134 valence electrons. The molecular weight excluding hydrogens is 304 g/mol. The Labute approximate surface area is 145 Å². The van der Waals surface area contributed by atoms with Crippen molar-refractivity contribution in [2.45, 2.75) is 31.4 Å². The summed E-state index contributed by atoms with van der Waals surface area (Å²) in [6.45, 7) is 7.08. The highest BCUT2D eigenvalue weighted by Crippen LogP contribution is 2.22. The monoisotopic (exact) mass is 334 g/mol. The molecule has 5 heteroatoms. The molecule has 0 saturated carbocycles. The van der Waals surface area contributed by atoms with Gasteiger partial charge in [0.15, 0.2) is 0 Å². The first-order valence-corrected chi connectivity index (χ1v) is 8.96. The smallest absolute Gasteiger partial charge is 0.134 e. The van der Waals surface area contributed by atoms with Crippen molar-refractivity contribution in [2.75, 3.05) is 53.0 Å². The van der Waals surface area contributed by atoms with Gasteiger partial charge in [-0.2, -0.15) is 0 Å². The highest BCUT2D eigenvalue weighted by Gasteiger charge is 2.36. The molecule has 24 heavy (non-hydrogen) atoms. The van der Waals surface area contributed by atoms with Crippen LogP contribution < -0.4 is 4.74 Å². The number of hydrogen-bond acceptors (Lipinski definition) is 5. The molecule has 1 N–H and O–H groups in total. The van der Waals surface area contributed by atoms with Crippen molar-refractivity contribution in [3.05, 3.63) is 29.8 Å². The summed E-state index contributed by atoms with van der Waals surface area (Å²) in [6, 6.07) is 8.48. The van der Waals surface area contributed by atoms with Crippen LogP contribution in [-0.2, 0) is 4.74 Å². The standard InChI is InChI=1S/C19H30N2O3/c1-16-4-3-5-18(12-16)24-15-19(22)13-21(10-11-23-14-19)17-6-8-20(2)9-7-17/h3-5,12,17,22H,6-11,13-15H2,1-2H3/t19-/m1/s1. The topological polar surface area (TPSA) is 45.2 Å². The van der Waals surface area contributed by atoms with Gasteiger partial charge in [-0.15, -0.1) is 0 Å². The molecule has 0 amide bonds. The zero-order valence-electron chi connectivity index (χ0n) is 14.9. The minimum atomic E-state index is -0.955. The number of rotatable bonds is 4. The summed E-state index contributed by atoms with van der Waals surface area (Å²) in [5, 5.41) is 11.0. The second-order valence-corrected chi connectivity index (χ2v) is 7.39. The van der Waals surface area contributed by atoms with Gasteiger partial charge < -0.3 is 19.5 Å². The molecule has 1 aromatic rings. The lowest BCUT2D eigenvalue weighted by Crippen LogP contribution is -2.53. The SMILES string of the molecule is Cc1cccc(OC[C@]2(O)COCCN(C3CCN(C)CC3)C2)c1. The first-order valence-electron chi connectivity index (χ1n) is 8.96. The van der Waals surface area contributed by atoms with Gasteiger partial charge in [-0.25, -0.2) is 0 Å². The van der Waals surface area contributed by atoms with E-state index >= 15 is 0 Å². The molecule has 2 aliphatic rings. The maximum absolute atomic E-state index is 11.0. The summed E-state index contributed by atoms with van der Waals surface area (Å²) in [5.74, 6) is 0.804. The van der Waals surface area contributed by atoms with E-state index in [0.717, 1.165) is 43.8 Å². The van der Waals surface area contributed by atoms with Gasteiger partial charge in [0.2, 0.25) is 0 Å². The molecule has 2 aliphatic heterocycles. The maximum atomic E-state index is 11.0. The number of nitrogens with zero attached hydrogens (tertiary/aromatic N) is 2. The lowest BCUT2D eigenvalue weighted by atomic mass is 10.00. The summed E-state index contributed by atoms with van der Waals surface area (Å²) in [4.78, 5) is 4.78. The van der Waals surface area contributed by atoms with E-state index in [9.17, 15) is 5.11 Å². The van der Waals surface area contributed by atoms with Gasteiger partial charge in [0.05, 0.1) is 13.2 Å². The average molecular weight is 334 g/mol. The molecule has 2 fully saturated rings. The van der Waals surface area contributed by atoms with Gasteiger partial charge in [0, 0.05) is 19.1 Å². The first-order chi connectivity index (χ1) is 11.5. The quantitative estimate of drug-likeness (QED) is 0.905. The molecule has 2 saturated heterocycles. The van der Waals surface area contributed by atoms with Crippen LogP contribution in [-0.4, -0.2) is 79.6 Å². The molecular formula is C19H30N2O3. The predicted octanol–water partition coefficient (Wildman–Crippen LogP) is 1.53. The highest BCUT2D eigenvalue weighted by molar-refractivity contribution is 5.27. The lowest BCUT2D eigenvalue weighted by molar-refractivity contribution is -0.0687. The molecule has 1 aromatic carbocycles. The molecule has 2 heterocycles. The van der Waals surface area contributed by atoms with E-state index in [0.29, 0.717) is 25.8 Å². The van der Waals surface area contributed by atoms with Crippen LogP contribution in [0.4, 0.5) is 0 Å². The number of aliphatic hydroxyl groups is 1. The summed E-state index contributed by atoms with van der Waals surface area (Å²) < 4.78 is 11.6. The molecule has 1 atom stereocenters. The Morgan fingerprint density at radius 3 is 2.83 bits per heavy atom. The Balaban J connectivity index is 1.60. The van der Waals surface area contributed by atoms with Crippen LogP contribution in [0.3, 0.4) is 0 Å². The molecule has 0 radical (unpaired) electrons. The Hall–Kier alpha value is -1.14. The summed E-state index contributed by atoms with van der Waals surface area (Å²) >= 11 is 0. The maximum Gasteiger partial charge on any atom is 0.134 e. The number of ether oxygens (including phenoxy) is 2. The van der Waals surface area contributed by atoms with Crippen LogP contribution in [0, 0.1) is 6.92 Å². The van der Waals surface area contributed by atoms with Gasteiger partial charge >= 0.3 is 0 Å². The van der Waals surface area contributed by atoms with E-state index in [-0.39, 0.29) is 6.61 Å². The van der Waals surface area contributed by atoms with Crippen LogP contribution in [0.5, 0.6) is 5.75 Å². The van der Waals surface area contributed by atoms with E-state index in [1.54, 1.807) is 0 Å². The van der Waals surface area contributed by atoms with Crippen LogP contribution in [0.2, 0.25) is 0 Å². The van der Waals surface area contributed by atoms with Gasteiger partial charge in [-0.1, -0.05) is 12.1 Å². The molecule has 0 unspecified atom stereocenters. The second kappa shape index (κ2) is 7.83. The van der Waals surface area contributed by atoms with Crippen molar-refractivity contribution in [3.8, 4) is 5.75 Å². The fraction of sp³-hybridized carbons (Fsp3) is 0.684. The van der Waals surface area contributed by atoms with Gasteiger partial charge in [-0.05, 0) is 57.6 Å². The Bertz CT molecular complexity index is 531. The molecule has 0 spiro atoms. The lowest BCUT2D eigenvalue weighted by Gasteiger charge is -2.39. The van der Waals surface area contributed by atoms with E-state index in [1.165, 1.54) is 0 Å². The highest BCUT2D eigenvalue weighted by atomic mass is 16.5. The van der Waals surface area contributed by atoms with E-state index in [2.05, 4.69) is 16.8 Å². The number of likely N-dealkylation sites (tertiary alicyclic amines) is 1. The fourth-order valence-corrected chi connectivity index (χ4v) is 3.63.